The molecule has 3 N–H and O–H groups in total. The minimum Gasteiger partial charge on any atom is -0.477 e. The third-order valence-corrected chi connectivity index (χ3v) is 3.96. The lowest BCUT2D eigenvalue weighted by Crippen LogP contribution is -2.09. The van der Waals surface area contributed by atoms with Crippen LogP contribution in [0.3, 0.4) is 0 Å². The second-order valence-electron chi connectivity index (χ2n) is 5.09. The molecule has 2 heterocycles. The minimum atomic E-state index is -4.61. The molecule has 8 heteroatoms. The highest BCUT2D eigenvalue weighted by Gasteiger charge is 2.36. The van der Waals surface area contributed by atoms with Crippen molar-refractivity contribution < 1.29 is 23.1 Å². The zero-order chi connectivity index (χ0) is 15.9. The second-order valence-corrected chi connectivity index (χ2v) is 6.09. The third kappa shape index (κ3) is 2.94. The van der Waals surface area contributed by atoms with Crippen molar-refractivity contribution in [2.45, 2.75) is 26.4 Å². The van der Waals surface area contributed by atoms with Crippen LogP contribution in [0.5, 0.6) is 0 Å². The van der Waals surface area contributed by atoms with Crippen LogP contribution in [0.1, 0.15) is 34.8 Å². The Bertz CT molecular complexity index is 707. The van der Waals surface area contributed by atoms with E-state index in [9.17, 15) is 18.0 Å². The molecule has 0 unspecified atom stereocenters. The van der Waals surface area contributed by atoms with Gasteiger partial charge in [0.15, 0.2) is 0 Å². The number of nitrogen functional groups attached to an aromatic ring is 1. The van der Waals surface area contributed by atoms with E-state index in [1.165, 1.54) is 0 Å². The number of aromatic nitrogens is 1. The lowest BCUT2D eigenvalue weighted by Gasteiger charge is -2.12. The molecule has 0 aromatic carbocycles. The fourth-order valence-electron chi connectivity index (χ4n) is 2.08. The van der Waals surface area contributed by atoms with E-state index in [4.69, 9.17) is 10.8 Å². The van der Waals surface area contributed by atoms with Crippen LogP contribution in [0.15, 0.2) is 6.07 Å². The van der Waals surface area contributed by atoms with Crippen LogP contribution >= 0.6 is 11.3 Å². The minimum absolute atomic E-state index is 0.00961. The summed E-state index contributed by atoms with van der Waals surface area (Å²) in [5.74, 6) is -1.22. The van der Waals surface area contributed by atoms with Crippen molar-refractivity contribution in [3.8, 4) is 0 Å². The summed E-state index contributed by atoms with van der Waals surface area (Å²) < 4.78 is 39.6. The Morgan fingerprint density at radius 1 is 1.48 bits per heavy atom. The molecular weight excluding hydrogens is 305 g/mol. The van der Waals surface area contributed by atoms with Gasteiger partial charge < -0.3 is 10.8 Å². The number of rotatable bonds is 3. The van der Waals surface area contributed by atoms with Crippen molar-refractivity contribution in [2.75, 3.05) is 5.73 Å². The molecule has 0 radical (unpaired) electrons. The summed E-state index contributed by atoms with van der Waals surface area (Å²) in [6.07, 6.45) is -4.24. The molecule has 0 amide bonds. The van der Waals surface area contributed by atoms with Gasteiger partial charge in [-0.15, -0.1) is 11.3 Å². The van der Waals surface area contributed by atoms with Gasteiger partial charge >= 0.3 is 12.1 Å². The first-order chi connectivity index (χ1) is 9.61. The smallest absolute Gasteiger partial charge is 0.417 e. The number of carbonyl (C=O) groups is 1. The maximum Gasteiger partial charge on any atom is 0.417 e. The zero-order valence-corrected chi connectivity index (χ0v) is 12.1. The van der Waals surface area contributed by atoms with E-state index in [-0.39, 0.29) is 32.4 Å². The van der Waals surface area contributed by atoms with Gasteiger partial charge in [-0.1, -0.05) is 13.8 Å². The largest absolute Gasteiger partial charge is 0.477 e. The van der Waals surface area contributed by atoms with Gasteiger partial charge in [0.2, 0.25) is 0 Å². The fraction of sp³-hybridized carbons (Fsp3) is 0.385. The van der Waals surface area contributed by atoms with E-state index in [1.54, 1.807) is 0 Å². The molecule has 0 aliphatic rings. The van der Waals surface area contributed by atoms with E-state index < -0.39 is 17.7 Å². The van der Waals surface area contributed by atoms with E-state index in [0.29, 0.717) is 17.8 Å². The average Bonchev–Trinajstić information content (AvgIpc) is 2.64. The van der Waals surface area contributed by atoms with Crippen molar-refractivity contribution in [2.24, 2.45) is 5.92 Å². The highest BCUT2D eigenvalue weighted by atomic mass is 32.1. The Morgan fingerprint density at radius 3 is 2.57 bits per heavy atom. The van der Waals surface area contributed by atoms with Gasteiger partial charge in [0.05, 0.1) is 11.3 Å². The number of thiophene rings is 1. The van der Waals surface area contributed by atoms with Gasteiger partial charge in [-0.3, -0.25) is 0 Å². The molecule has 0 bridgehead atoms. The molecule has 4 nitrogen and oxygen atoms in total. The van der Waals surface area contributed by atoms with Crippen LogP contribution < -0.4 is 5.73 Å². The Morgan fingerprint density at radius 2 is 2.10 bits per heavy atom. The van der Waals surface area contributed by atoms with Crippen LogP contribution in [0.4, 0.5) is 18.9 Å². The summed E-state index contributed by atoms with van der Waals surface area (Å²) in [6, 6.07) is 0.955. The van der Waals surface area contributed by atoms with Gasteiger partial charge in [0.1, 0.15) is 9.71 Å². The predicted octanol–water partition coefficient (Wildman–Crippen LogP) is 3.79. The molecule has 114 valence electrons. The first-order valence-corrected chi connectivity index (χ1v) is 6.95. The Hall–Kier alpha value is -1.83. The molecule has 21 heavy (non-hydrogen) atoms. The summed E-state index contributed by atoms with van der Waals surface area (Å²) in [6.45, 7) is 3.73. The van der Waals surface area contributed by atoms with Gasteiger partial charge in [0.25, 0.3) is 0 Å². The molecule has 0 spiro atoms. The highest BCUT2D eigenvalue weighted by molar-refractivity contribution is 7.21. The number of hydrogen-bond acceptors (Lipinski definition) is 4. The molecular formula is C13H13F3N2O2S. The summed E-state index contributed by atoms with van der Waals surface area (Å²) in [4.78, 5) is 14.9. The number of carboxylic acids is 1. The quantitative estimate of drug-likeness (QED) is 0.902. The molecule has 0 saturated carbocycles. The number of nitrogens with zero attached hydrogens (tertiary/aromatic N) is 1. The topological polar surface area (TPSA) is 76.2 Å². The molecule has 2 rings (SSSR count). The van der Waals surface area contributed by atoms with Gasteiger partial charge in [0, 0.05) is 11.1 Å². The Labute approximate surface area is 122 Å². The number of carboxylic acid groups (broad SMARTS) is 1. The molecule has 2 aromatic rings. The van der Waals surface area contributed by atoms with Gasteiger partial charge in [-0.25, -0.2) is 9.78 Å². The van der Waals surface area contributed by atoms with Crippen molar-refractivity contribution >= 4 is 33.2 Å². The Kier molecular flexibility index (Phi) is 3.83. The summed E-state index contributed by atoms with van der Waals surface area (Å²) in [5.41, 5.74) is 4.56. The SMILES string of the molecule is CC(C)Cc1cc(C(F)(F)F)c2c(N)c(C(=O)O)sc2n1. The first kappa shape index (κ1) is 15.6. The van der Waals surface area contributed by atoms with E-state index in [1.807, 2.05) is 13.8 Å². The van der Waals surface area contributed by atoms with Crippen LogP contribution in [0, 0.1) is 5.92 Å². The maximum absolute atomic E-state index is 13.2. The highest BCUT2D eigenvalue weighted by Crippen LogP contribution is 2.42. The number of pyridine rings is 1. The summed E-state index contributed by atoms with van der Waals surface area (Å²) in [5, 5.41) is 8.67. The van der Waals surface area contributed by atoms with E-state index in [2.05, 4.69) is 4.98 Å². The maximum atomic E-state index is 13.2. The molecule has 0 aliphatic carbocycles. The molecule has 2 aromatic heterocycles. The van der Waals surface area contributed by atoms with Gasteiger partial charge in [-0.05, 0) is 18.4 Å². The lowest BCUT2D eigenvalue weighted by molar-refractivity contribution is -0.136. The normalized spacial score (nSPS) is 12.3. The summed E-state index contributed by atoms with van der Waals surface area (Å²) in [7, 11) is 0. The molecule has 0 fully saturated rings. The number of aromatic carboxylic acids is 1. The average molecular weight is 318 g/mol. The number of anilines is 1. The van der Waals surface area contributed by atoms with Crippen molar-refractivity contribution in [1.29, 1.82) is 0 Å². The lowest BCUT2D eigenvalue weighted by atomic mass is 10.0. The Balaban J connectivity index is 2.79. The number of fused-ring (bicyclic) bond motifs is 1. The number of hydrogen-bond donors (Lipinski definition) is 2. The second kappa shape index (κ2) is 5.18. The number of halogens is 3. The van der Waals surface area contributed by atoms with Crippen LogP contribution in [0.25, 0.3) is 10.2 Å². The van der Waals surface area contributed by atoms with Crippen LogP contribution in [0.2, 0.25) is 0 Å². The zero-order valence-electron chi connectivity index (χ0n) is 11.3. The molecule has 0 atom stereocenters. The molecule has 0 aliphatic heterocycles. The van der Waals surface area contributed by atoms with Gasteiger partial charge in [-0.2, -0.15) is 13.2 Å². The fourth-order valence-corrected chi connectivity index (χ4v) is 3.05. The van der Waals surface area contributed by atoms with E-state index in [0.717, 1.165) is 6.07 Å². The number of alkyl halides is 3. The molecule has 0 saturated heterocycles. The van der Waals surface area contributed by atoms with Crippen molar-refractivity contribution in [3.05, 3.63) is 22.2 Å². The first-order valence-electron chi connectivity index (χ1n) is 6.13. The predicted molar refractivity (Wildman–Crippen MR) is 74.5 cm³/mol. The number of nitrogens with two attached hydrogens (primary N) is 1. The van der Waals surface area contributed by atoms with Crippen LogP contribution in [-0.4, -0.2) is 16.1 Å². The standard InChI is InChI=1S/C13H13F3N2O2S/c1-5(2)3-6-4-7(13(14,15)16)8-9(17)10(12(19)20)21-11(8)18-6/h4-5H,3,17H2,1-2H3,(H,19,20). The van der Waals surface area contributed by atoms with Crippen LogP contribution in [-0.2, 0) is 12.6 Å². The monoisotopic (exact) mass is 318 g/mol. The van der Waals surface area contributed by atoms with Crippen molar-refractivity contribution in [3.63, 3.8) is 0 Å². The van der Waals surface area contributed by atoms with Crippen molar-refractivity contribution in [1.82, 2.24) is 4.98 Å². The third-order valence-electron chi connectivity index (χ3n) is 2.87. The van der Waals surface area contributed by atoms with E-state index >= 15 is 0 Å². The summed E-state index contributed by atoms with van der Waals surface area (Å²) >= 11 is 0.668.